The van der Waals surface area contributed by atoms with Crippen LogP contribution in [0.3, 0.4) is 0 Å². The lowest BCUT2D eigenvalue weighted by Gasteiger charge is -2.11. The van der Waals surface area contributed by atoms with Crippen molar-refractivity contribution in [2.45, 2.75) is 20.8 Å². The molecule has 0 fully saturated rings. The van der Waals surface area contributed by atoms with Crippen LogP contribution in [-0.4, -0.2) is 20.7 Å². The minimum Gasteiger partial charge on any atom is -0.319 e. The number of aryl methyl sites for hydroxylation is 2. The highest BCUT2D eigenvalue weighted by atomic mass is 35.5. The van der Waals surface area contributed by atoms with Crippen LogP contribution in [0.5, 0.6) is 0 Å². The van der Waals surface area contributed by atoms with Crippen molar-refractivity contribution in [3.8, 4) is 17.1 Å². The number of halogens is 1. The molecule has 0 spiro atoms. The van der Waals surface area contributed by atoms with E-state index in [-0.39, 0.29) is 11.7 Å². The van der Waals surface area contributed by atoms with Gasteiger partial charge in [0.1, 0.15) is 0 Å². The van der Waals surface area contributed by atoms with Crippen molar-refractivity contribution in [2.24, 2.45) is 0 Å². The van der Waals surface area contributed by atoms with Crippen LogP contribution in [0.4, 0.5) is 5.69 Å². The zero-order valence-electron chi connectivity index (χ0n) is 17.0. The molecule has 0 saturated carbocycles. The van der Waals surface area contributed by atoms with Gasteiger partial charge in [0.15, 0.2) is 5.82 Å². The van der Waals surface area contributed by atoms with Crippen LogP contribution in [-0.2, 0) is 0 Å². The Labute approximate surface area is 180 Å². The van der Waals surface area contributed by atoms with Gasteiger partial charge in [-0.2, -0.15) is 0 Å². The predicted octanol–water partition coefficient (Wildman–Crippen LogP) is 5.77. The van der Waals surface area contributed by atoms with E-state index in [1.807, 2.05) is 81.4 Å². The van der Waals surface area contributed by atoms with E-state index in [4.69, 9.17) is 11.6 Å². The van der Waals surface area contributed by atoms with Crippen molar-refractivity contribution in [3.63, 3.8) is 0 Å². The van der Waals surface area contributed by atoms with Gasteiger partial charge in [0.25, 0.3) is 5.91 Å². The highest BCUT2D eigenvalue weighted by Gasteiger charge is 2.20. The summed E-state index contributed by atoms with van der Waals surface area (Å²) in [7, 11) is 0. The molecule has 4 rings (SSSR count). The van der Waals surface area contributed by atoms with E-state index in [2.05, 4.69) is 15.4 Å². The molecule has 0 unspecified atom stereocenters. The molecule has 4 aromatic rings. The van der Waals surface area contributed by atoms with Gasteiger partial charge < -0.3 is 5.32 Å². The second-order valence-corrected chi connectivity index (χ2v) is 7.61. The Balaban J connectivity index is 1.83. The number of carbonyl (C=O) groups excluding carboxylic acids is 1. The lowest BCUT2D eigenvalue weighted by molar-refractivity contribution is 0.101. The first-order valence-electron chi connectivity index (χ1n) is 9.60. The van der Waals surface area contributed by atoms with Gasteiger partial charge in [-0.25, -0.2) is 9.67 Å². The maximum absolute atomic E-state index is 12.9. The van der Waals surface area contributed by atoms with Gasteiger partial charge in [-0.15, -0.1) is 5.10 Å². The number of hydrogen-bond acceptors (Lipinski definition) is 3. The number of para-hydroxylation sites is 1. The van der Waals surface area contributed by atoms with Gasteiger partial charge in [-0.1, -0.05) is 54.1 Å². The lowest BCUT2D eigenvalue weighted by Crippen LogP contribution is -2.15. The fourth-order valence-corrected chi connectivity index (χ4v) is 3.44. The highest BCUT2D eigenvalue weighted by molar-refractivity contribution is 6.30. The van der Waals surface area contributed by atoms with Crippen LogP contribution in [0.1, 0.15) is 27.3 Å². The molecule has 1 heterocycles. The molecule has 0 radical (unpaired) electrons. The summed E-state index contributed by atoms with van der Waals surface area (Å²) < 4.78 is 1.71. The van der Waals surface area contributed by atoms with Crippen LogP contribution < -0.4 is 5.32 Å². The van der Waals surface area contributed by atoms with E-state index >= 15 is 0 Å². The Morgan fingerprint density at radius 3 is 2.43 bits per heavy atom. The van der Waals surface area contributed by atoms with Gasteiger partial charge in [-0.3, -0.25) is 4.79 Å². The van der Waals surface area contributed by atoms with Crippen molar-refractivity contribution in [2.75, 3.05) is 5.32 Å². The molecule has 0 aliphatic carbocycles. The number of carbonyl (C=O) groups is 1. The summed E-state index contributed by atoms with van der Waals surface area (Å²) in [4.78, 5) is 17.5. The summed E-state index contributed by atoms with van der Waals surface area (Å²) in [5.74, 6) is 0.284. The first-order valence-corrected chi connectivity index (χ1v) is 9.98. The predicted molar refractivity (Wildman–Crippen MR) is 120 cm³/mol. The summed E-state index contributed by atoms with van der Waals surface area (Å²) in [5, 5.41) is 8.06. The van der Waals surface area contributed by atoms with E-state index in [9.17, 15) is 4.79 Å². The SMILES string of the molecule is Cc1ccccc1NC(=O)c1nc(-c2cccc(Cl)c2)n(-c2cccc(C)c2C)n1. The Hall–Kier alpha value is -3.44. The third-order valence-electron chi connectivity index (χ3n) is 5.09. The van der Waals surface area contributed by atoms with Gasteiger partial charge in [-0.05, 0) is 61.7 Å². The van der Waals surface area contributed by atoms with E-state index < -0.39 is 0 Å². The van der Waals surface area contributed by atoms with Gasteiger partial charge >= 0.3 is 0 Å². The van der Waals surface area contributed by atoms with Crippen LogP contribution in [0.15, 0.2) is 66.7 Å². The van der Waals surface area contributed by atoms with Crippen molar-refractivity contribution in [1.29, 1.82) is 0 Å². The Morgan fingerprint density at radius 1 is 0.933 bits per heavy atom. The lowest BCUT2D eigenvalue weighted by atomic mass is 10.1. The van der Waals surface area contributed by atoms with Crippen LogP contribution >= 0.6 is 11.6 Å². The first kappa shape index (κ1) is 19.9. The number of amides is 1. The third kappa shape index (κ3) is 3.84. The van der Waals surface area contributed by atoms with Crippen molar-refractivity contribution < 1.29 is 4.79 Å². The maximum Gasteiger partial charge on any atom is 0.295 e. The van der Waals surface area contributed by atoms with Gasteiger partial charge in [0.05, 0.1) is 5.69 Å². The van der Waals surface area contributed by atoms with Crippen LogP contribution in [0.25, 0.3) is 17.1 Å². The van der Waals surface area contributed by atoms with Gasteiger partial charge in [0, 0.05) is 16.3 Å². The molecule has 0 atom stereocenters. The van der Waals surface area contributed by atoms with Gasteiger partial charge in [0.2, 0.25) is 5.82 Å². The fourth-order valence-electron chi connectivity index (χ4n) is 3.25. The summed E-state index contributed by atoms with van der Waals surface area (Å²) in [5.41, 5.74) is 5.55. The molecular weight excluding hydrogens is 396 g/mol. The quantitative estimate of drug-likeness (QED) is 0.459. The molecule has 5 nitrogen and oxygen atoms in total. The maximum atomic E-state index is 12.9. The van der Waals surface area contributed by atoms with E-state index in [1.54, 1.807) is 10.7 Å². The molecule has 0 aliphatic heterocycles. The molecule has 1 amide bonds. The number of aromatic nitrogens is 3. The van der Waals surface area contributed by atoms with E-state index in [1.165, 1.54) is 0 Å². The van der Waals surface area contributed by atoms with E-state index in [0.29, 0.717) is 10.8 Å². The Bertz CT molecular complexity index is 1250. The van der Waals surface area contributed by atoms with Crippen LogP contribution in [0, 0.1) is 20.8 Å². The molecule has 0 saturated heterocycles. The molecule has 6 heteroatoms. The third-order valence-corrected chi connectivity index (χ3v) is 5.33. The molecule has 1 aromatic heterocycles. The van der Waals surface area contributed by atoms with Crippen molar-refractivity contribution in [3.05, 3.63) is 94.3 Å². The average Bonchev–Trinajstić information content (AvgIpc) is 3.17. The minimum absolute atomic E-state index is 0.0918. The fraction of sp³-hybridized carbons (Fsp3) is 0.125. The standard InChI is InChI=1S/C24H21ClN4O/c1-15-9-6-13-21(17(15)3)29-23(18-10-7-11-19(25)14-18)27-22(28-29)24(30)26-20-12-5-4-8-16(20)2/h4-14H,1-3H3,(H,26,30). The zero-order chi connectivity index (χ0) is 21.3. The molecule has 0 aliphatic rings. The number of anilines is 1. The number of rotatable bonds is 4. The Morgan fingerprint density at radius 2 is 1.67 bits per heavy atom. The normalized spacial score (nSPS) is 10.8. The molecule has 30 heavy (non-hydrogen) atoms. The van der Waals surface area contributed by atoms with Crippen molar-refractivity contribution in [1.82, 2.24) is 14.8 Å². The second kappa shape index (κ2) is 8.13. The van der Waals surface area contributed by atoms with Crippen LogP contribution in [0.2, 0.25) is 5.02 Å². The number of benzene rings is 3. The molecule has 0 bridgehead atoms. The summed E-state index contributed by atoms with van der Waals surface area (Å²) in [6.45, 7) is 6.01. The van der Waals surface area contributed by atoms with E-state index in [0.717, 1.165) is 33.6 Å². The highest BCUT2D eigenvalue weighted by Crippen LogP contribution is 2.26. The number of hydrogen-bond donors (Lipinski definition) is 1. The second-order valence-electron chi connectivity index (χ2n) is 7.17. The molecule has 3 aromatic carbocycles. The molecular formula is C24H21ClN4O. The van der Waals surface area contributed by atoms with Crippen molar-refractivity contribution >= 4 is 23.2 Å². The largest absolute Gasteiger partial charge is 0.319 e. The number of nitrogens with one attached hydrogen (secondary N) is 1. The summed E-state index contributed by atoms with van der Waals surface area (Å²) >= 11 is 6.21. The summed E-state index contributed by atoms with van der Waals surface area (Å²) in [6, 6.07) is 20.9. The average molecular weight is 417 g/mol. The molecule has 150 valence electrons. The Kier molecular flexibility index (Phi) is 5.38. The topological polar surface area (TPSA) is 59.8 Å². The minimum atomic E-state index is -0.364. The number of nitrogens with zero attached hydrogens (tertiary/aromatic N) is 3. The smallest absolute Gasteiger partial charge is 0.295 e. The summed E-state index contributed by atoms with van der Waals surface area (Å²) in [6.07, 6.45) is 0. The zero-order valence-corrected chi connectivity index (χ0v) is 17.7. The first-order chi connectivity index (χ1) is 14.4. The monoisotopic (exact) mass is 416 g/mol. The molecule has 1 N–H and O–H groups in total.